The molecule has 0 spiro atoms. The van der Waals surface area contributed by atoms with Crippen molar-refractivity contribution >= 4 is 23.1 Å². The number of carbonyl (C=O) groups is 2. The van der Waals surface area contributed by atoms with Crippen LogP contribution in [0.2, 0.25) is 0 Å². The van der Waals surface area contributed by atoms with Gasteiger partial charge in [-0.15, -0.1) is 11.3 Å². The standard InChI is InChI=1S/C10H10F3NO3S/c1-3-17-9(16)7-8(5(2)15)18-6(14-7)4-10(11,12)13/h3-4H2,1-2H3. The summed E-state index contributed by atoms with van der Waals surface area (Å²) in [5.41, 5.74) is -0.339. The topological polar surface area (TPSA) is 56.3 Å². The second kappa shape index (κ2) is 5.47. The van der Waals surface area contributed by atoms with Crippen LogP contribution in [-0.4, -0.2) is 29.5 Å². The largest absolute Gasteiger partial charge is 0.461 e. The molecular weight excluding hydrogens is 271 g/mol. The molecule has 0 aliphatic rings. The summed E-state index contributed by atoms with van der Waals surface area (Å²) < 4.78 is 41.2. The van der Waals surface area contributed by atoms with Crippen molar-refractivity contribution in [3.63, 3.8) is 0 Å². The van der Waals surface area contributed by atoms with E-state index in [1.807, 2.05) is 0 Å². The highest BCUT2D eigenvalue weighted by Crippen LogP contribution is 2.27. The van der Waals surface area contributed by atoms with Gasteiger partial charge in [0.05, 0.1) is 13.0 Å². The maximum Gasteiger partial charge on any atom is 0.395 e. The van der Waals surface area contributed by atoms with Crippen molar-refractivity contribution in [1.29, 1.82) is 0 Å². The third-order valence-corrected chi connectivity index (χ3v) is 2.97. The van der Waals surface area contributed by atoms with Gasteiger partial charge in [0.25, 0.3) is 0 Å². The van der Waals surface area contributed by atoms with Gasteiger partial charge >= 0.3 is 12.1 Å². The summed E-state index contributed by atoms with van der Waals surface area (Å²) >= 11 is 0.567. The SMILES string of the molecule is CCOC(=O)c1nc(CC(F)(F)F)sc1C(C)=O. The third kappa shape index (κ3) is 3.80. The maximum absolute atomic E-state index is 12.2. The average Bonchev–Trinajstić information content (AvgIpc) is 2.59. The lowest BCUT2D eigenvalue weighted by Gasteiger charge is -2.01. The van der Waals surface area contributed by atoms with Crippen molar-refractivity contribution in [3.8, 4) is 0 Å². The number of hydrogen-bond acceptors (Lipinski definition) is 5. The van der Waals surface area contributed by atoms with Crippen LogP contribution in [0.15, 0.2) is 0 Å². The van der Waals surface area contributed by atoms with Gasteiger partial charge in [0.15, 0.2) is 11.5 Å². The van der Waals surface area contributed by atoms with E-state index in [0.29, 0.717) is 11.3 Å². The smallest absolute Gasteiger partial charge is 0.395 e. The van der Waals surface area contributed by atoms with Gasteiger partial charge in [-0.3, -0.25) is 4.79 Å². The van der Waals surface area contributed by atoms with Crippen LogP contribution >= 0.6 is 11.3 Å². The van der Waals surface area contributed by atoms with Gasteiger partial charge in [0.1, 0.15) is 9.88 Å². The highest BCUT2D eigenvalue weighted by Gasteiger charge is 2.32. The first kappa shape index (κ1) is 14.6. The van der Waals surface area contributed by atoms with Crippen LogP contribution in [0.5, 0.6) is 0 Å². The molecule has 0 radical (unpaired) electrons. The molecule has 1 rings (SSSR count). The highest BCUT2D eigenvalue weighted by molar-refractivity contribution is 7.14. The molecule has 0 aliphatic heterocycles. The maximum atomic E-state index is 12.2. The van der Waals surface area contributed by atoms with E-state index in [0.717, 1.165) is 6.92 Å². The molecule has 4 nitrogen and oxygen atoms in total. The number of carbonyl (C=O) groups excluding carboxylic acids is 2. The van der Waals surface area contributed by atoms with E-state index in [4.69, 9.17) is 0 Å². The van der Waals surface area contributed by atoms with E-state index in [1.54, 1.807) is 6.92 Å². The number of nitrogens with zero attached hydrogens (tertiary/aromatic N) is 1. The van der Waals surface area contributed by atoms with E-state index in [2.05, 4.69) is 9.72 Å². The number of aromatic nitrogens is 1. The number of alkyl halides is 3. The number of halogens is 3. The molecular formula is C10H10F3NO3S. The van der Waals surface area contributed by atoms with Gasteiger partial charge in [-0.25, -0.2) is 9.78 Å². The number of Topliss-reactive ketones (excluding diaryl/α,β-unsaturated/α-hetero) is 1. The van der Waals surface area contributed by atoms with Crippen molar-refractivity contribution in [3.05, 3.63) is 15.6 Å². The molecule has 1 aromatic heterocycles. The van der Waals surface area contributed by atoms with Crippen LogP contribution in [0, 0.1) is 0 Å². The molecule has 0 unspecified atom stereocenters. The normalized spacial score (nSPS) is 11.4. The molecule has 1 aromatic rings. The molecule has 0 saturated carbocycles. The molecule has 0 bridgehead atoms. The molecule has 0 aliphatic carbocycles. The Morgan fingerprint density at radius 1 is 1.39 bits per heavy atom. The Hall–Kier alpha value is -1.44. The minimum absolute atomic E-state index is 0.0578. The molecule has 0 fully saturated rings. The van der Waals surface area contributed by atoms with E-state index >= 15 is 0 Å². The molecule has 0 amide bonds. The molecule has 8 heteroatoms. The summed E-state index contributed by atoms with van der Waals surface area (Å²) in [5.74, 6) is -1.39. The molecule has 100 valence electrons. The number of hydrogen-bond donors (Lipinski definition) is 0. The van der Waals surface area contributed by atoms with Crippen LogP contribution in [0.1, 0.15) is 39.0 Å². The van der Waals surface area contributed by atoms with Crippen LogP contribution in [0.3, 0.4) is 0 Å². The van der Waals surface area contributed by atoms with Crippen LogP contribution in [0.4, 0.5) is 13.2 Å². The summed E-state index contributed by atoms with van der Waals surface area (Å²) in [6, 6.07) is 0. The highest BCUT2D eigenvalue weighted by atomic mass is 32.1. The Balaban J connectivity index is 3.09. The quantitative estimate of drug-likeness (QED) is 0.629. The van der Waals surface area contributed by atoms with Gasteiger partial charge in [-0.1, -0.05) is 0 Å². The predicted molar refractivity (Wildman–Crippen MR) is 57.8 cm³/mol. The fourth-order valence-electron chi connectivity index (χ4n) is 1.19. The van der Waals surface area contributed by atoms with Gasteiger partial charge in [0, 0.05) is 6.92 Å². The fourth-order valence-corrected chi connectivity index (χ4v) is 2.17. The summed E-state index contributed by atoms with van der Waals surface area (Å²) in [7, 11) is 0. The molecule has 0 aromatic carbocycles. The van der Waals surface area contributed by atoms with Crippen molar-refractivity contribution in [1.82, 2.24) is 4.98 Å². The average molecular weight is 281 g/mol. The number of esters is 1. The first-order valence-electron chi connectivity index (χ1n) is 4.99. The predicted octanol–water partition coefficient (Wildman–Crippen LogP) is 2.63. The lowest BCUT2D eigenvalue weighted by Crippen LogP contribution is -2.12. The van der Waals surface area contributed by atoms with Crippen molar-refractivity contribution in [2.75, 3.05) is 6.61 Å². The third-order valence-electron chi connectivity index (χ3n) is 1.81. The first-order chi connectivity index (χ1) is 8.24. The van der Waals surface area contributed by atoms with Crippen molar-refractivity contribution in [2.24, 2.45) is 0 Å². The molecule has 0 saturated heterocycles. The van der Waals surface area contributed by atoms with Gasteiger partial charge < -0.3 is 4.74 Å². The van der Waals surface area contributed by atoms with Crippen LogP contribution in [-0.2, 0) is 11.2 Å². The van der Waals surface area contributed by atoms with E-state index < -0.39 is 24.3 Å². The Morgan fingerprint density at radius 3 is 2.44 bits per heavy atom. The molecule has 18 heavy (non-hydrogen) atoms. The van der Waals surface area contributed by atoms with Gasteiger partial charge in [-0.2, -0.15) is 13.2 Å². The molecule has 0 N–H and O–H groups in total. The zero-order valence-electron chi connectivity index (χ0n) is 9.63. The van der Waals surface area contributed by atoms with E-state index in [-0.39, 0.29) is 22.2 Å². The molecule has 1 heterocycles. The zero-order valence-corrected chi connectivity index (χ0v) is 10.4. The minimum atomic E-state index is -4.43. The monoisotopic (exact) mass is 281 g/mol. The van der Waals surface area contributed by atoms with Gasteiger partial charge in [-0.05, 0) is 6.92 Å². The Labute approximate surface area is 105 Å². The van der Waals surface area contributed by atoms with Gasteiger partial charge in [0.2, 0.25) is 0 Å². The fraction of sp³-hybridized carbons (Fsp3) is 0.500. The number of thiazole rings is 1. The Kier molecular flexibility index (Phi) is 4.44. The number of rotatable bonds is 4. The Morgan fingerprint density at radius 2 is 2.00 bits per heavy atom. The van der Waals surface area contributed by atoms with E-state index in [1.165, 1.54) is 0 Å². The second-order valence-corrected chi connectivity index (χ2v) is 4.44. The van der Waals surface area contributed by atoms with Crippen molar-refractivity contribution in [2.45, 2.75) is 26.4 Å². The van der Waals surface area contributed by atoms with E-state index in [9.17, 15) is 22.8 Å². The first-order valence-corrected chi connectivity index (χ1v) is 5.80. The summed E-state index contributed by atoms with van der Waals surface area (Å²) in [6.07, 6.45) is -5.70. The second-order valence-electron chi connectivity index (χ2n) is 3.35. The summed E-state index contributed by atoms with van der Waals surface area (Å²) in [5, 5.41) is -0.323. The Bertz CT molecular complexity index is 467. The van der Waals surface area contributed by atoms with Crippen molar-refractivity contribution < 1.29 is 27.5 Å². The molecule has 0 atom stereocenters. The summed E-state index contributed by atoms with van der Waals surface area (Å²) in [4.78, 5) is 26.1. The number of ketones is 1. The number of ether oxygens (including phenoxy) is 1. The summed E-state index contributed by atoms with van der Waals surface area (Å²) in [6.45, 7) is 2.77. The minimum Gasteiger partial charge on any atom is -0.461 e. The lowest BCUT2D eigenvalue weighted by molar-refractivity contribution is -0.127. The van der Waals surface area contributed by atoms with Crippen LogP contribution in [0.25, 0.3) is 0 Å². The van der Waals surface area contributed by atoms with Crippen LogP contribution < -0.4 is 0 Å². The zero-order chi connectivity index (χ0) is 13.9. The lowest BCUT2D eigenvalue weighted by atomic mass is 10.3.